The van der Waals surface area contributed by atoms with E-state index in [2.05, 4.69) is 14.9 Å². The zero-order chi connectivity index (χ0) is 14.3. The maximum absolute atomic E-state index is 11.6. The molecule has 1 aromatic heterocycles. The van der Waals surface area contributed by atoms with E-state index in [0.29, 0.717) is 10.9 Å². The van der Waals surface area contributed by atoms with Gasteiger partial charge in [0.15, 0.2) is 4.34 Å². The quantitative estimate of drug-likeness (QED) is 0.497. The molecule has 0 amide bonds. The van der Waals surface area contributed by atoms with Gasteiger partial charge in [0.05, 0.1) is 18.1 Å². The second-order valence-corrected chi connectivity index (χ2v) is 7.22. The normalized spacial score (nSPS) is 11.4. The summed E-state index contributed by atoms with van der Waals surface area (Å²) in [5.74, 6) is -1.29. The number of rotatable bonds is 9. The third kappa shape index (κ3) is 6.71. The molecule has 0 saturated heterocycles. The van der Waals surface area contributed by atoms with Crippen LogP contribution in [0.5, 0.6) is 0 Å². The molecular formula is C8H13N3O5S3. The number of thioether (sulfide) groups is 1. The van der Waals surface area contributed by atoms with Crippen molar-refractivity contribution in [2.24, 2.45) is 0 Å². The fraction of sp³-hybridized carbons (Fsp3) is 0.625. The van der Waals surface area contributed by atoms with E-state index in [9.17, 15) is 13.2 Å². The smallest absolute Gasteiger partial charge is 0.313 e. The number of carboxylic acid groups (broad SMARTS) is 1. The van der Waals surface area contributed by atoms with Crippen LogP contribution in [-0.2, 0) is 19.6 Å². The Morgan fingerprint density at radius 2 is 2.26 bits per heavy atom. The number of hydrogen-bond donors (Lipinski definition) is 2. The van der Waals surface area contributed by atoms with E-state index in [0.717, 1.165) is 23.1 Å². The molecule has 0 aliphatic heterocycles. The summed E-state index contributed by atoms with van der Waals surface area (Å²) in [7, 11) is -3.52. The van der Waals surface area contributed by atoms with Crippen molar-refractivity contribution in [2.75, 3.05) is 29.4 Å². The lowest BCUT2D eigenvalue weighted by atomic mass is 10.8. The molecule has 11 heteroatoms. The fourth-order valence-corrected chi connectivity index (χ4v) is 3.55. The topological polar surface area (TPSA) is 118 Å². The van der Waals surface area contributed by atoms with E-state index in [4.69, 9.17) is 9.84 Å². The second-order valence-electron chi connectivity index (χ2n) is 3.17. The van der Waals surface area contributed by atoms with Crippen LogP contribution in [-0.4, -0.2) is 54.4 Å². The highest BCUT2D eigenvalue weighted by Crippen LogP contribution is 2.25. The summed E-state index contributed by atoms with van der Waals surface area (Å²) in [5, 5.41) is 15.9. The molecule has 0 unspecified atom stereocenters. The highest BCUT2D eigenvalue weighted by atomic mass is 32.2. The number of nitrogens with zero attached hydrogens (tertiary/aromatic N) is 2. The number of aromatic nitrogens is 2. The minimum absolute atomic E-state index is 0.102. The summed E-state index contributed by atoms with van der Waals surface area (Å²) < 4.78 is 30.8. The lowest BCUT2D eigenvalue weighted by Gasteiger charge is -2.03. The van der Waals surface area contributed by atoms with Crippen molar-refractivity contribution in [1.29, 1.82) is 0 Å². The largest absolute Gasteiger partial charge is 0.481 e. The molecule has 0 atom stereocenters. The number of hydrogen-bond acceptors (Lipinski definition) is 8. The van der Waals surface area contributed by atoms with Crippen molar-refractivity contribution in [3.05, 3.63) is 0 Å². The van der Waals surface area contributed by atoms with Crippen LogP contribution in [0.25, 0.3) is 0 Å². The predicted molar refractivity (Wildman–Crippen MR) is 72.2 cm³/mol. The SMILES string of the molecule is CCOCCS(=O)(=O)Nc1nnc(SCC(=O)O)s1. The van der Waals surface area contributed by atoms with E-state index in [1.54, 1.807) is 6.92 Å². The highest BCUT2D eigenvalue weighted by molar-refractivity contribution is 8.01. The van der Waals surface area contributed by atoms with Crippen LogP contribution in [0, 0.1) is 0 Å². The lowest BCUT2D eigenvalue weighted by Crippen LogP contribution is -2.20. The lowest BCUT2D eigenvalue weighted by molar-refractivity contribution is -0.133. The van der Waals surface area contributed by atoms with Gasteiger partial charge in [-0.25, -0.2) is 8.42 Å². The molecule has 1 rings (SSSR count). The first-order valence-electron chi connectivity index (χ1n) is 5.19. The van der Waals surface area contributed by atoms with Crippen molar-refractivity contribution >= 4 is 44.2 Å². The van der Waals surface area contributed by atoms with Crippen LogP contribution in [0.15, 0.2) is 4.34 Å². The molecule has 8 nitrogen and oxygen atoms in total. The van der Waals surface area contributed by atoms with Gasteiger partial charge in [-0.15, -0.1) is 10.2 Å². The van der Waals surface area contributed by atoms with Crippen molar-refractivity contribution < 1.29 is 23.1 Å². The molecule has 0 aliphatic carbocycles. The Bertz CT molecular complexity index is 515. The van der Waals surface area contributed by atoms with Crippen molar-refractivity contribution in [3.63, 3.8) is 0 Å². The summed E-state index contributed by atoms with van der Waals surface area (Å²) in [6.45, 7) is 2.33. The molecule has 0 spiro atoms. The van der Waals surface area contributed by atoms with Crippen LogP contribution in [0.1, 0.15) is 6.92 Å². The minimum atomic E-state index is -3.52. The van der Waals surface area contributed by atoms with Crippen LogP contribution < -0.4 is 4.72 Å². The molecular weight excluding hydrogens is 314 g/mol. The molecule has 0 saturated carbocycles. The molecule has 0 fully saturated rings. The van der Waals surface area contributed by atoms with Crippen LogP contribution in [0.4, 0.5) is 5.13 Å². The second kappa shape index (κ2) is 7.62. The first-order chi connectivity index (χ1) is 8.93. The van der Waals surface area contributed by atoms with E-state index in [1.165, 1.54) is 0 Å². The van der Waals surface area contributed by atoms with Gasteiger partial charge < -0.3 is 9.84 Å². The third-order valence-electron chi connectivity index (χ3n) is 1.67. The third-order valence-corrected chi connectivity index (χ3v) is 4.96. The molecule has 108 valence electrons. The van der Waals surface area contributed by atoms with Crippen molar-refractivity contribution in [1.82, 2.24) is 10.2 Å². The summed E-state index contributed by atoms with van der Waals surface area (Å²) >= 11 is 1.97. The predicted octanol–water partition coefficient (Wildman–Crippen LogP) is 0.493. The monoisotopic (exact) mass is 327 g/mol. The Hall–Kier alpha value is -0.910. The average molecular weight is 327 g/mol. The number of aliphatic carboxylic acids is 1. The van der Waals surface area contributed by atoms with Crippen molar-refractivity contribution in [3.8, 4) is 0 Å². The zero-order valence-electron chi connectivity index (χ0n) is 10.0. The number of carbonyl (C=O) groups is 1. The van der Waals surface area contributed by atoms with Gasteiger partial charge in [-0.1, -0.05) is 23.1 Å². The van der Waals surface area contributed by atoms with Gasteiger partial charge in [0.2, 0.25) is 15.2 Å². The standard InChI is InChI=1S/C8H13N3O5S3/c1-2-16-3-4-19(14,15)11-7-9-10-8(18-7)17-5-6(12)13/h2-5H2,1H3,(H,9,11)(H,12,13). The number of sulfonamides is 1. The Morgan fingerprint density at radius 1 is 1.53 bits per heavy atom. The molecule has 1 heterocycles. The maximum atomic E-state index is 11.6. The van der Waals surface area contributed by atoms with E-state index in [-0.39, 0.29) is 23.2 Å². The zero-order valence-corrected chi connectivity index (χ0v) is 12.5. The Morgan fingerprint density at radius 3 is 2.89 bits per heavy atom. The number of anilines is 1. The molecule has 1 aromatic rings. The van der Waals surface area contributed by atoms with E-state index >= 15 is 0 Å². The molecule has 19 heavy (non-hydrogen) atoms. The van der Waals surface area contributed by atoms with Crippen molar-refractivity contribution in [2.45, 2.75) is 11.3 Å². The number of carboxylic acids is 1. The van der Waals surface area contributed by atoms with E-state index < -0.39 is 16.0 Å². The summed E-state index contributed by atoms with van der Waals surface area (Å²) in [6.07, 6.45) is 0. The highest BCUT2D eigenvalue weighted by Gasteiger charge is 2.14. The Balaban J connectivity index is 2.50. The van der Waals surface area contributed by atoms with E-state index in [1.807, 2.05) is 0 Å². The molecule has 0 aromatic carbocycles. The van der Waals surface area contributed by atoms with Gasteiger partial charge in [-0.3, -0.25) is 9.52 Å². The average Bonchev–Trinajstić information content (AvgIpc) is 2.73. The maximum Gasteiger partial charge on any atom is 0.313 e. The van der Waals surface area contributed by atoms with Gasteiger partial charge in [0, 0.05) is 6.61 Å². The van der Waals surface area contributed by atoms with Gasteiger partial charge in [-0.2, -0.15) is 0 Å². The van der Waals surface area contributed by atoms with Crippen LogP contribution >= 0.6 is 23.1 Å². The molecule has 0 bridgehead atoms. The Labute approximate surface area is 118 Å². The minimum Gasteiger partial charge on any atom is -0.481 e. The Kier molecular flexibility index (Phi) is 6.48. The van der Waals surface area contributed by atoms with Gasteiger partial charge in [0.1, 0.15) is 0 Å². The number of nitrogens with one attached hydrogen (secondary N) is 1. The van der Waals surface area contributed by atoms with Crippen LogP contribution in [0.3, 0.4) is 0 Å². The molecule has 0 aliphatic rings. The van der Waals surface area contributed by atoms with Gasteiger partial charge in [-0.05, 0) is 6.92 Å². The van der Waals surface area contributed by atoms with Gasteiger partial charge >= 0.3 is 5.97 Å². The summed E-state index contributed by atoms with van der Waals surface area (Å²) in [6, 6.07) is 0. The summed E-state index contributed by atoms with van der Waals surface area (Å²) in [5.41, 5.74) is 0. The number of ether oxygens (including phenoxy) is 1. The molecule has 2 N–H and O–H groups in total. The van der Waals surface area contributed by atoms with Gasteiger partial charge in [0.25, 0.3) is 0 Å². The van der Waals surface area contributed by atoms with Crippen LogP contribution in [0.2, 0.25) is 0 Å². The first-order valence-corrected chi connectivity index (χ1v) is 8.64. The first kappa shape index (κ1) is 16.1. The fourth-order valence-electron chi connectivity index (χ4n) is 0.930. The molecule has 0 radical (unpaired) electrons. The summed E-state index contributed by atoms with van der Waals surface area (Å²) in [4.78, 5) is 10.4.